The van der Waals surface area contributed by atoms with E-state index in [1.807, 2.05) is 17.5 Å². The normalized spacial score (nSPS) is 10.5. The molecule has 1 heterocycles. The first-order chi connectivity index (χ1) is 8.66. The summed E-state index contributed by atoms with van der Waals surface area (Å²) in [5, 5.41) is 15.9. The third kappa shape index (κ3) is 3.15. The zero-order valence-corrected chi connectivity index (χ0v) is 10.9. The lowest BCUT2D eigenvalue weighted by Crippen LogP contribution is -2.12. The highest BCUT2D eigenvalue weighted by molar-refractivity contribution is 7.13. The molecular weight excluding hydrogens is 248 g/mol. The van der Waals surface area contributed by atoms with Gasteiger partial charge in [0.05, 0.1) is 4.92 Å². The minimum Gasteiger partial charge on any atom is -0.309 e. The number of hydrogen-bond acceptors (Lipinski definition) is 4. The van der Waals surface area contributed by atoms with Crippen LogP contribution in [0.15, 0.2) is 35.7 Å². The van der Waals surface area contributed by atoms with E-state index in [4.69, 9.17) is 0 Å². The molecule has 18 heavy (non-hydrogen) atoms. The Labute approximate surface area is 109 Å². The van der Waals surface area contributed by atoms with Gasteiger partial charge in [0, 0.05) is 24.5 Å². The molecule has 0 fully saturated rings. The molecule has 0 bridgehead atoms. The van der Waals surface area contributed by atoms with Gasteiger partial charge in [-0.1, -0.05) is 35.6 Å². The number of nitrogens with zero attached hydrogens (tertiary/aromatic N) is 1. The molecule has 94 valence electrons. The highest BCUT2D eigenvalue weighted by atomic mass is 32.1. The summed E-state index contributed by atoms with van der Waals surface area (Å²) in [7, 11) is 0. The van der Waals surface area contributed by atoms with Crippen LogP contribution in [0.4, 0.5) is 5.00 Å². The molecule has 0 saturated carbocycles. The second-order valence-corrected chi connectivity index (χ2v) is 4.97. The average Bonchev–Trinajstić information content (AvgIpc) is 2.80. The lowest BCUT2D eigenvalue weighted by molar-refractivity contribution is -0.380. The van der Waals surface area contributed by atoms with Crippen LogP contribution in [0.25, 0.3) is 0 Å². The number of hydrogen-bond donors (Lipinski definition) is 1. The number of nitro groups is 1. The monoisotopic (exact) mass is 262 g/mol. The van der Waals surface area contributed by atoms with Crippen molar-refractivity contribution in [1.82, 2.24) is 5.32 Å². The Bertz CT molecular complexity index is 551. The Morgan fingerprint density at radius 3 is 2.78 bits per heavy atom. The highest BCUT2D eigenvalue weighted by Gasteiger charge is 2.08. The summed E-state index contributed by atoms with van der Waals surface area (Å²) in [4.78, 5) is 10.2. The summed E-state index contributed by atoms with van der Waals surface area (Å²) in [5.41, 5.74) is 3.46. The van der Waals surface area contributed by atoms with Crippen LogP contribution in [0, 0.1) is 17.0 Å². The van der Waals surface area contributed by atoms with E-state index in [0.29, 0.717) is 6.54 Å². The smallest absolute Gasteiger partial charge is 0.309 e. The second kappa shape index (κ2) is 5.75. The summed E-state index contributed by atoms with van der Waals surface area (Å²) >= 11 is 1.17. The number of aryl methyl sites for hydroxylation is 1. The molecule has 2 rings (SSSR count). The number of thiophene rings is 1. The lowest BCUT2D eigenvalue weighted by Gasteiger charge is -2.06. The summed E-state index contributed by atoms with van der Waals surface area (Å²) in [6, 6.07) is 9.81. The molecule has 0 aliphatic rings. The van der Waals surface area contributed by atoms with E-state index >= 15 is 0 Å². The maximum atomic E-state index is 10.5. The second-order valence-electron chi connectivity index (χ2n) is 4.08. The van der Waals surface area contributed by atoms with E-state index < -0.39 is 0 Å². The molecule has 0 atom stereocenters. The molecule has 0 aliphatic heterocycles. The van der Waals surface area contributed by atoms with E-state index in [1.165, 1.54) is 22.5 Å². The van der Waals surface area contributed by atoms with E-state index in [-0.39, 0.29) is 9.92 Å². The van der Waals surface area contributed by atoms with Gasteiger partial charge in [0.2, 0.25) is 0 Å². The minimum atomic E-state index is -0.352. The van der Waals surface area contributed by atoms with Crippen molar-refractivity contribution in [1.29, 1.82) is 0 Å². The Morgan fingerprint density at radius 2 is 2.11 bits per heavy atom. The van der Waals surface area contributed by atoms with Gasteiger partial charge in [0.15, 0.2) is 0 Å². The van der Waals surface area contributed by atoms with Gasteiger partial charge in [-0.15, -0.1) is 0 Å². The Kier molecular flexibility index (Phi) is 4.07. The third-order valence-electron chi connectivity index (χ3n) is 2.73. The Morgan fingerprint density at radius 1 is 1.33 bits per heavy atom. The van der Waals surface area contributed by atoms with Crippen LogP contribution in [0.3, 0.4) is 0 Å². The number of rotatable bonds is 5. The SMILES string of the molecule is Cc1ccccc1CNCc1csc([N+](=O)[O-])c1. The molecule has 2 aromatic rings. The average molecular weight is 262 g/mol. The van der Waals surface area contributed by atoms with Crippen molar-refractivity contribution in [3.8, 4) is 0 Å². The van der Waals surface area contributed by atoms with Crippen molar-refractivity contribution in [3.63, 3.8) is 0 Å². The summed E-state index contributed by atoms with van der Waals surface area (Å²) in [5.74, 6) is 0. The van der Waals surface area contributed by atoms with Gasteiger partial charge in [-0.25, -0.2) is 0 Å². The summed E-state index contributed by atoms with van der Waals surface area (Å²) in [6.07, 6.45) is 0. The molecule has 1 N–H and O–H groups in total. The minimum absolute atomic E-state index is 0.197. The molecule has 5 heteroatoms. The fraction of sp³-hybridized carbons (Fsp3) is 0.231. The number of nitrogens with one attached hydrogen (secondary N) is 1. The van der Waals surface area contributed by atoms with Crippen molar-refractivity contribution in [3.05, 3.63) is 62.5 Å². The molecule has 0 aliphatic carbocycles. The Hall–Kier alpha value is -1.72. The molecule has 1 aromatic carbocycles. The van der Waals surface area contributed by atoms with Gasteiger partial charge in [-0.05, 0) is 23.6 Å². The van der Waals surface area contributed by atoms with E-state index in [9.17, 15) is 10.1 Å². The first-order valence-electron chi connectivity index (χ1n) is 5.64. The highest BCUT2D eigenvalue weighted by Crippen LogP contribution is 2.22. The van der Waals surface area contributed by atoms with Crippen LogP contribution in [0.1, 0.15) is 16.7 Å². The number of benzene rings is 1. The van der Waals surface area contributed by atoms with Gasteiger partial charge in [-0.2, -0.15) is 0 Å². The maximum Gasteiger partial charge on any atom is 0.324 e. The van der Waals surface area contributed by atoms with Crippen molar-refractivity contribution >= 4 is 16.3 Å². The zero-order valence-electron chi connectivity index (χ0n) is 10.1. The zero-order chi connectivity index (χ0) is 13.0. The summed E-state index contributed by atoms with van der Waals surface area (Å²) < 4.78 is 0. The van der Waals surface area contributed by atoms with Gasteiger partial charge in [0.1, 0.15) is 0 Å². The predicted octanol–water partition coefficient (Wildman–Crippen LogP) is 3.25. The fourth-order valence-electron chi connectivity index (χ4n) is 1.70. The van der Waals surface area contributed by atoms with Gasteiger partial charge < -0.3 is 5.32 Å². The van der Waals surface area contributed by atoms with Crippen LogP contribution < -0.4 is 5.32 Å². The van der Waals surface area contributed by atoms with Crippen molar-refractivity contribution in [2.75, 3.05) is 0 Å². The molecular formula is C13H14N2O2S. The van der Waals surface area contributed by atoms with Crippen molar-refractivity contribution in [2.45, 2.75) is 20.0 Å². The molecule has 4 nitrogen and oxygen atoms in total. The van der Waals surface area contributed by atoms with E-state index in [0.717, 1.165) is 12.1 Å². The fourth-order valence-corrected chi connectivity index (χ4v) is 2.43. The largest absolute Gasteiger partial charge is 0.324 e. The van der Waals surface area contributed by atoms with Crippen molar-refractivity contribution in [2.24, 2.45) is 0 Å². The molecule has 0 radical (unpaired) electrons. The topological polar surface area (TPSA) is 55.2 Å². The first kappa shape index (κ1) is 12.7. The maximum absolute atomic E-state index is 10.5. The molecule has 0 saturated heterocycles. The quantitative estimate of drug-likeness (QED) is 0.664. The predicted molar refractivity (Wildman–Crippen MR) is 72.7 cm³/mol. The van der Waals surface area contributed by atoms with E-state index in [2.05, 4.69) is 24.4 Å². The van der Waals surface area contributed by atoms with Crippen LogP contribution in [-0.2, 0) is 13.1 Å². The van der Waals surface area contributed by atoms with Gasteiger partial charge >= 0.3 is 5.00 Å². The third-order valence-corrected chi connectivity index (χ3v) is 3.65. The van der Waals surface area contributed by atoms with Crippen LogP contribution in [0.2, 0.25) is 0 Å². The van der Waals surface area contributed by atoms with E-state index in [1.54, 1.807) is 6.07 Å². The van der Waals surface area contributed by atoms with Gasteiger partial charge in [0.25, 0.3) is 0 Å². The first-order valence-corrected chi connectivity index (χ1v) is 6.52. The molecule has 1 aromatic heterocycles. The van der Waals surface area contributed by atoms with Crippen LogP contribution in [0.5, 0.6) is 0 Å². The molecule has 0 unspecified atom stereocenters. The lowest BCUT2D eigenvalue weighted by atomic mass is 10.1. The summed E-state index contributed by atoms with van der Waals surface area (Å²) in [6.45, 7) is 3.50. The van der Waals surface area contributed by atoms with Crippen LogP contribution in [-0.4, -0.2) is 4.92 Å². The standard InChI is InChI=1S/C13H14N2O2S/c1-10-4-2-3-5-12(10)8-14-7-11-6-13(15(16)17)18-9-11/h2-6,9,14H,7-8H2,1H3. The molecule has 0 spiro atoms. The molecule has 0 amide bonds. The Balaban J connectivity index is 1.88. The van der Waals surface area contributed by atoms with Gasteiger partial charge in [-0.3, -0.25) is 10.1 Å². The van der Waals surface area contributed by atoms with Crippen molar-refractivity contribution < 1.29 is 4.92 Å². The van der Waals surface area contributed by atoms with Crippen LogP contribution >= 0.6 is 11.3 Å².